The normalized spacial score (nSPS) is 11.4. The zero-order valence-corrected chi connectivity index (χ0v) is 18.1. The monoisotopic (exact) mass is 482 g/mol. The lowest BCUT2D eigenvalue weighted by Gasteiger charge is -2.08. The SMILES string of the molecule is COc1cc(C)c(Br)cc1S(=O)(=O)O.COc1cc(C)ccc1S(=O)(=O)O. The Morgan fingerprint density at radius 1 is 0.815 bits per heavy atom. The Morgan fingerprint density at radius 3 is 1.74 bits per heavy atom. The molecule has 0 aliphatic rings. The molecule has 0 radical (unpaired) electrons. The highest BCUT2D eigenvalue weighted by atomic mass is 79.9. The lowest BCUT2D eigenvalue weighted by atomic mass is 10.2. The average Bonchev–Trinajstić information content (AvgIpc) is 2.55. The Morgan fingerprint density at radius 2 is 1.30 bits per heavy atom. The molecule has 0 aliphatic carbocycles. The molecule has 0 fully saturated rings. The van der Waals surface area contributed by atoms with Gasteiger partial charge in [-0.15, -0.1) is 0 Å². The standard InChI is InChI=1S/C8H9BrO4S.C8H10O4S/c1-5-3-7(13-2)8(4-6(5)9)14(10,11)12;1-6-3-4-8(13(9,10)11)7(5-6)12-2/h3-4H,1-2H3,(H,10,11,12);3-5H,1-2H3,(H,9,10,11). The summed E-state index contributed by atoms with van der Waals surface area (Å²) >= 11 is 3.17. The van der Waals surface area contributed by atoms with Crippen molar-refractivity contribution in [3.63, 3.8) is 0 Å². The molecule has 150 valence electrons. The molecule has 8 nitrogen and oxygen atoms in total. The second-order valence-electron chi connectivity index (χ2n) is 5.36. The number of aryl methyl sites for hydroxylation is 2. The number of hydrogen-bond donors (Lipinski definition) is 2. The molecule has 2 aromatic rings. The number of methoxy groups -OCH3 is 2. The van der Waals surface area contributed by atoms with Crippen molar-refractivity contribution in [2.75, 3.05) is 14.2 Å². The summed E-state index contributed by atoms with van der Waals surface area (Å²) in [5.41, 5.74) is 1.69. The Kier molecular flexibility index (Phi) is 7.81. The van der Waals surface area contributed by atoms with E-state index in [0.717, 1.165) is 11.1 Å². The maximum absolute atomic E-state index is 10.9. The minimum absolute atomic E-state index is 0.133. The van der Waals surface area contributed by atoms with Gasteiger partial charge < -0.3 is 9.47 Å². The molecular weight excluding hydrogens is 464 g/mol. The number of rotatable bonds is 4. The lowest BCUT2D eigenvalue weighted by Crippen LogP contribution is -2.02. The van der Waals surface area contributed by atoms with E-state index in [1.54, 1.807) is 26.0 Å². The number of ether oxygens (including phenoxy) is 2. The van der Waals surface area contributed by atoms with Crippen LogP contribution in [0.5, 0.6) is 11.5 Å². The smallest absolute Gasteiger partial charge is 0.298 e. The first-order valence-corrected chi connectivity index (χ1v) is 10.9. The maximum Gasteiger partial charge on any atom is 0.298 e. The number of halogens is 1. The van der Waals surface area contributed by atoms with Crippen LogP contribution in [0.2, 0.25) is 0 Å². The van der Waals surface area contributed by atoms with Crippen molar-refractivity contribution in [1.29, 1.82) is 0 Å². The predicted octanol–water partition coefficient (Wildman–Crippen LogP) is 3.26. The third kappa shape index (κ3) is 6.47. The van der Waals surface area contributed by atoms with Gasteiger partial charge in [0.1, 0.15) is 21.3 Å². The molecule has 0 atom stereocenters. The van der Waals surface area contributed by atoms with Crippen LogP contribution < -0.4 is 9.47 Å². The van der Waals surface area contributed by atoms with Gasteiger partial charge in [-0.25, -0.2) is 0 Å². The van der Waals surface area contributed by atoms with E-state index in [2.05, 4.69) is 15.9 Å². The van der Waals surface area contributed by atoms with Crippen LogP contribution in [0.1, 0.15) is 11.1 Å². The minimum atomic E-state index is -4.24. The lowest BCUT2D eigenvalue weighted by molar-refractivity contribution is 0.396. The quantitative estimate of drug-likeness (QED) is 0.635. The first-order valence-electron chi connectivity index (χ1n) is 7.25. The van der Waals surface area contributed by atoms with Gasteiger partial charge in [-0.1, -0.05) is 22.0 Å². The molecule has 0 saturated carbocycles. The van der Waals surface area contributed by atoms with E-state index in [1.807, 2.05) is 0 Å². The first kappa shape index (κ1) is 23.4. The summed E-state index contributed by atoms with van der Waals surface area (Å²) in [6, 6.07) is 7.29. The summed E-state index contributed by atoms with van der Waals surface area (Å²) in [7, 11) is -5.73. The van der Waals surface area contributed by atoms with Crippen LogP contribution in [0, 0.1) is 13.8 Å². The molecule has 0 unspecified atom stereocenters. The molecule has 27 heavy (non-hydrogen) atoms. The molecule has 0 saturated heterocycles. The van der Waals surface area contributed by atoms with E-state index in [9.17, 15) is 16.8 Å². The molecule has 11 heteroatoms. The molecule has 0 aromatic heterocycles. The fraction of sp³-hybridized carbons (Fsp3) is 0.250. The van der Waals surface area contributed by atoms with Crippen molar-refractivity contribution in [3.05, 3.63) is 45.9 Å². The van der Waals surface area contributed by atoms with E-state index in [1.165, 1.54) is 32.4 Å². The van der Waals surface area contributed by atoms with Gasteiger partial charge in [-0.05, 0) is 49.2 Å². The second-order valence-corrected chi connectivity index (χ2v) is 8.99. The zero-order chi connectivity index (χ0) is 21.0. The molecule has 0 amide bonds. The third-order valence-corrected chi connectivity index (χ3v) is 5.94. The fourth-order valence-corrected chi connectivity index (χ4v) is 3.78. The topological polar surface area (TPSA) is 127 Å². The van der Waals surface area contributed by atoms with Crippen LogP contribution >= 0.6 is 15.9 Å². The molecule has 0 bridgehead atoms. The average molecular weight is 483 g/mol. The molecule has 2 rings (SSSR count). The largest absolute Gasteiger partial charge is 0.495 e. The minimum Gasteiger partial charge on any atom is -0.495 e. The number of benzene rings is 2. The summed E-state index contributed by atoms with van der Waals surface area (Å²) in [5, 5.41) is 0. The Bertz CT molecular complexity index is 1030. The summed E-state index contributed by atoms with van der Waals surface area (Å²) < 4.78 is 71.4. The van der Waals surface area contributed by atoms with E-state index in [4.69, 9.17) is 18.6 Å². The highest BCUT2D eigenvalue weighted by molar-refractivity contribution is 9.10. The Labute approximate surface area is 166 Å². The number of hydrogen-bond acceptors (Lipinski definition) is 6. The molecule has 2 aromatic carbocycles. The predicted molar refractivity (Wildman–Crippen MR) is 103 cm³/mol. The van der Waals surface area contributed by atoms with Gasteiger partial charge in [-0.2, -0.15) is 16.8 Å². The molecule has 0 heterocycles. The van der Waals surface area contributed by atoms with E-state index in [0.29, 0.717) is 4.47 Å². The van der Waals surface area contributed by atoms with Crippen molar-refractivity contribution in [1.82, 2.24) is 0 Å². The maximum atomic E-state index is 10.9. The van der Waals surface area contributed by atoms with Gasteiger partial charge in [0.05, 0.1) is 14.2 Å². The Balaban J connectivity index is 0.000000271. The molecule has 0 spiro atoms. The van der Waals surface area contributed by atoms with Gasteiger partial charge in [0.15, 0.2) is 0 Å². The highest BCUT2D eigenvalue weighted by Gasteiger charge is 2.18. The van der Waals surface area contributed by atoms with Gasteiger partial charge in [0, 0.05) is 4.47 Å². The van der Waals surface area contributed by atoms with Crippen LogP contribution in [0.4, 0.5) is 0 Å². The van der Waals surface area contributed by atoms with Crippen molar-refractivity contribution in [2.45, 2.75) is 23.6 Å². The first-order chi connectivity index (χ1) is 12.3. The van der Waals surface area contributed by atoms with Crippen molar-refractivity contribution < 1.29 is 35.4 Å². The van der Waals surface area contributed by atoms with Crippen molar-refractivity contribution in [2.24, 2.45) is 0 Å². The summed E-state index contributed by atoms with van der Waals surface area (Å²) in [5.74, 6) is 0.288. The van der Waals surface area contributed by atoms with Gasteiger partial charge in [0.25, 0.3) is 20.2 Å². The van der Waals surface area contributed by atoms with E-state index in [-0.39, 0.29) is 21.3 Å². The van der Waals surface area contributed by atoms with E-state index < -0.39 is 20.2 Å². The highest BCUT2D eigenvalue weighted by Crippen LogP contribution is 2.30. The van der Waals surface area contributed by atoms with Gasteiger partial charge >= 0.3 is 0 Å². The van der Waals surface area contributed by atoms with Crippen LogP contribution in [-0.2, 0) is 20.2 Å². The van der Waals surface area contributed by atoms with Crippen LogP contribution in [0.15, 0.2) is 44.6 Å². The summed E-state index contributed by atoms with van der Waals surface area (Å²) in [6.07, 6.45) is 0. The second kappa shape index (κ2) is 9.02. The van der Waals surface area contributed by atoms with Crippen molar-refractivity contribution in [3.8, 4) is 11.5 Å². The van der Waals surface area contributed by atoms with Gasteiger partial charge in [-0.3, -0.25) is 9.11 Å². The Hall–Kier alpha value is -1.66. The van der Waals surface area contributed by atoms with Crippen LogP contribution in [-0.4, -0.2) is 40.2 Å². The molecule has 0 aliphatic heterocycles. The summed E-state index contributed by atoms with van der Waals surface area (Å²) in [6.45, 7) is 3.59. The van der Waals surface area contributed by atoms with Gasteiger partial charge in [0.2, 0.25) is 0 Å². The fourth-order valence-electron chi connectivity index (χ4n) is 1.99. The molecular formula is C16H19BrO8S2. The van der Waals surface area contributed by atoms with E-state index >= 15 is 0 Å². The zero-order valence-electron chi connectivity index (χ0n) is 14.9. The van der Waals surface area contributed by atoms with Crippen LogP contribution in [0.25, 0.3) is 0 Å². The molecule has 2 N–H and O–H groups in total. The summed E-state index contributed by atoms with van der Waals surface area (Å²) in [4.78, 5) is -0.446. The van der Waals surface area contributed by atoms with Crippen LogP contribution in [0.3, 0.4) is 0 Å². The van der Waals surface area contributed by atoms with Crippen molar-refractivity contribution >= 4 is 36.2 Å². The third-order valence-electron chi connectivity index (χ3n) is 3.32.